The van der Waals surface area contributed by atoms with Gasteiger partial charge in [0.05, 0.1) is 0 Å². The van der Waals surface area contributed by atoms with Gasteiger partial charge in [-0.3, -0.25) is 0 Å². The standard InChI is InChI=1S/C14H21N3/c1-2-8-15-13-4-3-5-14(16-13)17-10-11-6-7-12(17)9-11/h3-5,11-12H,2,6-10H2,1H3,(H,15,16). The zero-order valence-corrected chi connectivity index (χ0v) is 10.5. The van der Waals surface area contributed by atoms with Gasteiger partial charge in [0.1, 0.15) is 11.6 Å². The zero-order valence-electron chi connectivity index (χ0n) is 10.5. The van der Waals surface area contributed by atoms with Crippen molar-refractivity contribution in [1.82, 2.24) is 4.98 Å². The van der Waals surface area contributed by atoms with Crippen molar-refractivity contribution in [3.05, 3.63) is 18.2 Å². The van der Waals surface area contributed by atoms with Crippen molar-refractivity contribution in [3.63, 3.8) is 0 Å². The second-order valence-corrected chi connectivity index (χ2v) is 5.29. The molecule has 17 heavy (non-hydrogen) atoms. The first kappa shape index (κ1) is 10.9. The third kappa shape index (κ3) is 2.11. The molecule has 2 unspecified atom stereocenters. The summed E-state index contributed by atoms with van der Waals surface area (Å²) in [6, 6.07) is 7.09. The van der Waals surface area contributed by atoms with Gasteiger partial charge < -0.3 is 10.2 Å². The number of nitrogens with zero attached hydrogens (tertiary/aromatic N) is 2. The van der Waals surface area contributed by atoms with E-state index in [0.29, 0.717) is 0 Å². The lowest BCUT2D eigenvalue weighted by Crippen LogP contribution is -2.32. The van der Waals surface area contributed by atoms with Gasteiger partial charge in [-0.1, -0.05) is 13.0 Å². The molecule has 1 aliphatic heterocycles. The Labute approximate surface area is 103 Å². The van der Waals surface area contributed by atoms with Gasteiger partial charge in [-0.2, -0.15) is 0 Å². The van der Waals surface area contributed by atoms with Gasteiger partial charge in [-0.25, -0.2) is 4.98 Å². The molecule has 1 saturated carbocycles. The van der Waals surface area contributed by atoms with E-state index in [1.54, 1.807) is 0 Å². The topological polar surface area (TPSA) is 28.2 Å². The second-order valence-electron chi connectivity index (χ2n) is 5.29. The molecule has 1 saturated heterocycles. The number of fused-ring (bicyclic) bond motifs is 2. The Morgan fingerprint density at radius 1 is 1.41 bits per heavy atom. The van der Waals surface area contributed by atoms with E-state index in [9.17, 15) is 0 Å². The number of piperidine rings is 1. The lowest BCUT2D eigenvalue weighted by atomic mass is 10.1. The monoisotopic (exact) mass is 231 g/mol. The average molecular weight is 231 g/mol. The summed E-state index contributed by atoms with van der Waals surface area (Å²) in [5.41, 5.74) is 0. The van der Waals surface area contributed by atoms with Crippen molar-refractivity contribution in [2.75, 3.05) is 23.3 Å². The van der Waals surface area contributed by atoms with E-state index in [-0.39, 0.29) is 0 Å². The summed E-state index contributed by atoms with van der Waals surface area (Å²) in [6.45, 7) is 4.40. The number of hydrogen-bond donors (Lipinski definition) is 1. The SMILES string of the molecule is CCCNc1cccc(N2CC3CCC2C3)n1. The molecule has 1 aliphatic carbocycles. The molecule has 0 aromatic carbocycles. The van der Waals surface area contributed by atoms with Gasteiger partial charge in [0.15, 0.2) is 0 Å². The van der Waals surface area contributed by atoms with Crippen molar-refractivity contribution in [1.29, 1.82) is 0 Å². The van der Waals surface area contributed by atoms with Crippen LogP contribution in [0.2, 0.25) is 0 Å². The Hall–Kier alpha value is -1.25. The molecule has 0 amide bonds. The van der Waals surface area contributed by atoms with Crippen LogP contribution in [0.1, 0.15) is 32.6 Å². The summed E-state index contributed by atoms with van der Waals surface area (Å²) >= 11 is 0. The number of aromatic nitrogens is 1. The molecule has 2 heterocycles. The molecule has 1 N–H and O–H groups in total. The molecular weight excluding hydrogens is 210 g/mol. The Balaban J connectivity index is 1.74. The molecule has 0 spiro atoms. The summed E-state index contributed by atoms with van der Waals surface area (Å²) in [5, 5.41) is 3.36. The van der Waals surface area contributed by atoms with E-state index in [4.69, 9.17) is 4.98 Å². The maximum absolute atomic E-state index is 4.73. The summed E-state index contributed by atoms with van der Waals surface area (Å²) in [5.74, 6) is 3.11. The Morgan fingerprint density at radius 2 is 2.35 bits per heavy atom. The molecule has 1 aromatic heterocycles. The Morgan fingerprint density at radius 3 is 3.06 bits per heavy atom. The maximum atomic E-state index is 4.73. The third-order valence-electron chi connectivity index (χ3n) is 3.99. The lowest BCUT2D eigenvalue weighted by Gasteiger charge is -2.28. The molecule has 2 aliphatic rings. The highest BCUT2D eigenvalue weighted by atomic mass is 15.3. The molecule has 92 valence electrons. The van der Waals surface area contributed by atoms with E-state index in [2.05, 4.69) is 35.3 Å². The first-order chi connectivity index (χ1) is 8.36. The first-order valence-corrected chi connectivity index (χ1v) is 6.84. The number of pyridine rings is 1. The minimum Gasteiger partial charge on any atom is -0.370 e. The van der Waals surface area contributed by atoms with Crippen molar-refractivity contribution in [3.8, 4) is 0 Å². The zero-order chi connectivity index (χ0) is 11.7. The van der Waals surface area contributed by atoms with E-state index in [1.807, 2.05) is 0 Å². The van der Waals surface area contributed by atoms with Crippen LogP contribution in [0.5, 0.6) is 0 Å². The molecule has 2 fully saturated rings. The van der Waals surface area contributed by atoms with E-state index < -0.39 is 0 Å². The third-order valence-corrected chi connectivity index (χ3v) is 3.99. The van der Waals surface area contributed by atoms with Crippen LogP contribution < -0.4 is 10.2 Å². The molecular formula is C14H21N3. The molecule has 3 nitrogen and oxygen atoms in total. The largest absolute Gasteiger partial charge is 0.370 e. The van der Waals surface area contributed by atoms with Gasteiger partial charge in [0.25, 0.3) is 0 Å². The minimum atomic E-state index is 0.758. The van der Waals surface area contributed by atoms with Crippen molar-refractivity contribution < 1.29 is 0 Å². The smallest absolute Gasteiger partial charge is 0.131 e. The highest BCUT2D eigenvalue weighted by Crippen LogP contribution is 2.39. The van der Waals surface area contributed by atoms with Crippen molar-refractivity contribution in [2.24, 2.45) is 5.92 Å². The van der Waals surface area contributed by atoms with Gasteiger partial charge in [-0.05, 0) is 43.7 Å². The van der Waals surface area contributed by atoms with Gasteiger partial charge in [0.2, 0.25) is 0 Å². The Kier molecular flexibility index (Phi) is 2.91. The van der Waals surface area contributed by atoms with Crippen LogP contribution in [0.15, 0.2) is 18.2 Å². The summed E-state index contributed by atoms with van der Waals surface area (Å²) in [7, 11) is 0. The number of hydrogen-bond acceptors (Lipinski definition) is 3. The van der Waals surface area contributed by atoms with Crippen LogP contribution in [-0.2, 0) is 0 Å². The van der Waals surface area contributed by atoms with Gasteiger partial charge >= 0.3 is 0 Å². The molecule has 2 atom stereocenters. The number of nitrogens with one attached hydrogen (secondary N) is 1. The fraction of sp³-hybridized carbons (Fsp3) is 0.643. The first-order valence-electron chi connectivity index (χ1n) is 6.84. The van der Waals surface area contributed by atoms with E-state index >= 15 is 0 Å². The second kappa shape index (κ2) is 4.55. The number of anilines is 2. The summed E-state index contributed by atoms with van der Waals surface area (Å²) in [4.78, 5) is 7.23. The number of rotatable bonds is 4. The Bertz CT molecular complexity index is 391. The fourth-order valence-corrected chi connectivity index (χ4v) is 3.14. The predicted octanol–water partition coefficient (Wildman–Crippen LogP) is 2.89. The van der Waals surface area contributed by atoms with Crippen LogP contribution in [-0.4, -0.2) is 24.1 Å². The molecule has 1 aromatic rings. The van der Waals surface area contributed by atoms with Crippen LogP contribution in [0.3, 0.4) is 0 Å². The minimum absolute atomic E-state index is 0.758. The summed E-state index contributed by atoms with van der Waals surface area (Å²) < 4.78 is 0. The predicted molar refractivity (Wildman–Crippen MR) is 71.5 cm³/mol. The molecule has 2 bridgehead atoms. The van der Waals surface area contributed by atoms with Gasteiger partial charge in [0, 0.05) is 19.1 Å². The van der Waals surface area contributed by atoms with Crippen LogP contribution >= 0.6 is 0 Å². The quantitative estimate of drug-likeness (QED) is 0.863. The van der Waals surface area contributed by atoms with Crippen molar-refractivity contribution in [2.45, 2.75) is 38.6 Å². The molecule has 3 heteroatoms. The van der Waals surface area contributed by atoms with Crippen LogP contribution in [0, 0.1) is 5.92 Å². The highest BCUT2D eigenvalue weighted by molar-refractivity contribution is 5.49. The van der Waals surface area contributed by atoms with Gasteiger partial charge in [-0.15, -0.1) is 0 Å². The van der Waals surface area contributed by atoms with E-state index in [1.165, 1.54) is 31.6 Å². The fourth-order valence-electron chi connectivity index (χ4n) is 3.14. The average Bonchev–Trinajstić information content (AvgIpc) is 2.99. The van der Waals surface area contributed by atoms with E-state index in [0.717, 1.165) is 30.7 Å². The maximum Gasteiger partial charge on any atom is 0.131 e. The highest BCUT2D eigenvalue weighted by Gasteiger charge is 2.38. The molecule has 3 rings (SSSR count). The molecule has 0 radical (unpaired) electrons. The lowest BCUT2D eigenvalue weighted by molar-refractivity contribution is 0.550. The normalized spacial score (nSPS) is 26.5. The van der Waals surface area contributed by atoms with Crippen molar-refractivity contribution >= 4 is 11.6 Å². The van der Waals surface area contributed by atoms with Crippen LogP contribution in [0.25, 0.3) is 0 Å². The van der Waals surface area contributed by atoms with Crippen LogP contribution in [0.4, 0.5) is 11.6 Å². The summed E-state index contributed by atoms with van der Waals surface area (Å²) in [6.07, 6.45) is 5.31.